The van der Waals surface area contributed by atoms with Gasteiger partial charge in [0.1, 0.15) is 5.79 Å². The fourth-order valence-electron chi connectivity index (χ4n) is 5.15. The van der Waals surface area contributed by atoms with E-state index in [0.717, 1.165) is 13.2 Å². The van der Waals surface area contributed by atoms with Crippen LogP contribution < -0.4 is 5.32 Å². The topological polar surface area (TPSA) is 25.0 Å². The number of hydrazine groups is 1. The average Bonchev–Trinajstić information content (AvgIpc) is 3.29. The summed E-state index contributed by atoms with van der Waals surface area (Å²) in [6, 6.07) is 0. The molecule has 1 N–H and O–H groups in total. The number of rotatable bonds is 3. The lowest BCUT2D eigenvalue weighted by molar-refractivity contribution is -0.260. The van der Waals surface area contributed by atoms with Crippen LogP contribution in [0.1, 0.15) is 51.4 Å². The molecule has 4 heterocycles. The molecule has 5 nitrogen and oxygen atoms in total. The highest BCUT2D eigenvalue weighted by Gasteiger charge is 2.51. The zero-order valence-electron chi connectivity index (χ0n) is 14.1. The van der Waals surface area contributed by atoms with Crippen molar-refractivity contribution < 1.29 is 0 Å². The molecule has 4 rings (SSSR count). The number of piperidine rings is 2. The molecular formula is C17H33N5. The molecule has 5 heteroatoms. The SMILES string of the molecule is C1CCN(N2CCCCC2(N2CCCC2)N2CCNC2)CC1. The zero-order chi connectivity index (χ0) is 14.8. The highest BCUT2D eigenvalue weighted by Crippen LogP contribution is 2.39. The Morgan fingerprint density at radius 2 is 1.36 bits per heavy atom. The van der Waals surface area contributed by atoms with E-state index in [4.69, 9.17) is 0 Å². The molecule has 0 aromatic carbocycles. The Kier molecular flexibility index (Phi) is 4.69. The first kappa shape index (κ1) is 15.3. The van der Waals surface area contributed by atoms with E-state index in [1.54, 1.807) is 0 Å². The van der Waals surface area contributed by atoms with Crippen LogP contribution in [-0.2, 0) is 0 Å². The van der Waals surface area contributed by atoms with Crippen molar-refractivity contribution >= 4 is 0 Å². The predicted octanol–water partition coefficient (Wildman–Crippen LogP) is 1.49. The lowest BCUT2D eigenvalue weighted by atomic mass is 10.0. The summed E-state index contributed by atoms with van der Waals surface area (Å²) in [7, 11) is 0. The van der Waals surface area contributed by atoms with Crippen LogP contribution in [0.5, 0.6) is 0 Å². The summed E-state index contributed by atoms with van der Waals surface area (Å²) in [5.74, 6) is 0.176. The standard InChI is InChI=1S/C17H33N5/c1-3-12-21(13-4-1)22-14-5-2-8-17(22,19-10-6-7-11-19)20-15-9-18-16-20/h18H,1-16H2. The molecule has 126 valence electrons. The maximum Gasteiger partial charge on any atom is 0.144 e. The first-order chi connectivity index (χ1) is 10.9. The second-order valence-corrected chi connectivity index (χ2v) is 7.48. The Bertz CT molecular complexity index is 340. The molecule has 0 saturated carbocycles. The van der Waals surface area contributed by atoms with E-state index in [1.807, 2.05) is 0 Å². The molecule has 0 bridgehead atoms. The number of hydrogen-bond acceptors (Lipinski definition) is 5. The first-order valence-corrected chi connectivity index (χ1v) is 9.65. The molecular weight excluding hydrogens is 274 g/mol. The van der Waals surface area contributed by atoms with Crippen molar-refractivity contribution in [2.24, 2.45) is 0 Å². The maximum absolute atomic E-state index is 3.60. The highest BCUT2D eigenvalue weighted by atomic mass is 15.8. The minimum atomic E-state index is 0.176. The van der Waals surface area contributed by atoms with Crippen LogP contribution in [0, 0.1) is 0 Å². The number of likely N-dealkylation sites (tertiary alicyclic amines) is 1. The van der Waals surface area contributed by atoms with Gasteiger partial charge in [-0.2, -0.15) is 0 Å². The van der Waals surface area contributed by atoms with E-state index in [9.17, 15) is 0 Å². The highest BCUT2D eigenvalue weighted by molar-refractivity contribution is 4.96. The van der Waals surface area contributed by atoms with E-state index in [0.29, 0.717) is 0 Å². The minimum Gasteiger partial charge on any atom is -0.303 e. The fraction of sp³-hybridized carbons (Fsp3) is 1.00. The quantitative estimate of drug-likeness (QED) is 0.852. The zero-order valence-corrected chi connectivity index (χ0v) is 14.1. The average molecular weight is 307 g/mol. The van der Waals surface area contributed by atoms with Crippen molar-refractivity contribution in [3.63, 3.8) is 0 Å². The number of nitrogens with zero attached hydrogens (tertiary/aromatic N) is 4. The van der Waals surface area contributed by atoms with Gasteiger partial charge in [-0.1, -0.05) is 6.42 Å². The van der Waals surface area contributed by atoms with Crippen LogP contribution in [0.3, 0.4) is 0 Å². The van der Waals surface area contributed by atoms with Gasteiger partial charge in [-0.3, -0.25) is 9.80 Å². The van der Waals surface area contributed by atoms with Gasteiger partial charge in [-0.25, -0.2) is 10.0 Å². The van der Waals surface area contributed by atoms with E-state index in [2.05, 4.69) is 25.1 Å². The molecule has 4 aliphatic rings. The summed E-state index contributed by atoms with van der Waals surface area (Å²) in [6.45, 7) is 9.83. The molecule has 0 aromatic heterocycles. The van der Waals surface area contributed by atoms with Crippen LogP contribution in [-0.4, -0.2) is 78.1 Å². The normalized spacial score (nSPS) is 37.1. The summed E-state index contributed by atoms with van der Waals surface area (Å²) >= 11 is 0. The molecule has 1 unspecified atom stereocenters. The van der Waals surface area contributed by atoms with Crippen molar-refractivity contribution in [3.8, 4) is 0 Å². The van der Waals surface area contributed by atoms with Crippen LogP contribution >= 0.6 is 0 Å². The smallest absolute Gasteiger partial charge is 0.144 e. The minimum absolute atomic E-state index is 0.176. The maximum atomic E-state index is 3.60. The molecule has 4 fully saturated rings. The molecule has 0 radical (unpaired) electrons. The van der Waals surface area contributed by atoms with Crippen molar-refractivity contribution in [1.82, 2.24) is 25.1 Å². The molecule has 0 aromatic rings. The van der Waals surface area contributed by atoms with Gasteiger partial charge in [-0.05, 0) is 44.9 Å². The van der Waals surface area contributed by atoms with Crippen molar-refractivity contribution in [3.05, 3.63) is 0 Å². The van der Waals surface area contributed by atoms with Gasteiger partial charge in [0.15, 0.2) is 0 Å². The van der Waals surface area contributed by atoms with Crippen LogP contribution in [0.2, 0.25) is 0 Å². The van der Waals surface area contributed by atoms with Gasteiger partial charge in [0, 0.05) is 45.8 Å². The third kappa shape index (κ3) is 2.61. The molecule has 4 aliphatic heterocycles. The second-order valence-electron chi connectivity index (χ2n) is 7.48. The van der Waals surface area contributed by atoms with Crippen molar-refractivity contribution in [2.75, 3.05) is 52.5 Å². The second kappa shape index (κ2) is 6.73. The lowest BCUT2D eigenvalue weighted by Gasteiger charge is -2.59. The molecule has 4 saturated heterocycles. The fourth-order valence-corrected chi connectivity index (χ4v) is 5.15. The lowest BCUT2D eigenvalue weighted by Crippen LogP contribution is -2.74. The van der Waals surface area contributed by atoms with E-state index < -0.39 is 0 Å². The summed E-state index contributed by atoms with van der Waals surface area (Å²) in [5, 5.41) is 9.13. The van der Waals surface area contributed by atoms with Crippen LogP contribution in [0.4, 0.5) is 0 Å². The third-order valence-corrected chi connectivity index (χ3v) is 6.20. The van der Waals surface area contributed by atoms with Gasteiger partial charge in [0.05, 0.1) is 6.67 Å². The summed E-state index contributed by atoms with van der Waals surface area (Å²) in [5.41, 5.74) is 0. The van der Waals surface area contributed by atoms with E-state index >= 15 is 0 Å². The van der Waals surface area contributed by atoms with Crippen LogP contribution in [0.25, 0.3) is 0 Å². The Hall–Kier alpha value is -0.200. The van der Waals surface area contributed by atoms with E-state index in [-0.39, 0.29) is 5.79 Å². The molecule has 22 heavy (non-hydrogen) atoms. The number of hydrogen-bond donors (Lipinski definition) is 1. The summed E-state index contributed by atoms with van der Waals surface area (Å²) in [6.07, 6.45) is 11.0. The summed E-state index contributed by atoms with van der Waals surface area (Å²) in [4.78, 5) is 5.58. The van der Waals surface area contributed by atoms with Crippen LogP contribution in [0.15, 0.2) is 0 Å². The molecule has 0 aliphatic carbocycles. The number of nitrogens with one attached hydrogen (secondary N) is 1. The molecule has 0 amide bonds. The first-order valence-electron chi connectivity index (χ1n) is 9.65. The summed E-state index contributed by atoms with van der Waals surface area (Å²) < 4.78 is 0. The Labute approximate surface area is 135 Å². The van der Waals surface area contributed by atoms with Gasteiger partial charge in [-0.15, -0.1) is 0 Å². The predicted molar refractivity (Wildman–Crippen MR) is 89.1 cm³/mol. The van der Waals surface area contributed by atoms with Gasteiger partial charge >= 0.3 is 0 Å². The van der Waals surface area contributed by atoms with Gasteiger partial charge in [0.25, 0.3) is 0 Å². The van der Waals surface area contributed by atoms with Gasteiger partial charge < -0.3 is 5.32 Å². The van der Waals surface area contributed by atoms with E-state index in [1.165, 1.54) is 90.6 Å². The Morgan fingerprint density at radius 1 is 0.636 bits per heavy atom. The van der Waals surface area contributed by atoms with Crippen molar-refractivity contribution in [1.29, 1.82) is 0 Å². The third-order valence-electron chi connectivity index (χ3n) is 6.20. The molecule has 1 atom stereocenters. The Morgan fingerprint density at radius 3 is 2.09 bits per heavy atom. The van der Waals surface area contributed by atoms with Gasteiger partial charge in [0.2, 0.25) is 0 Å². The largest absolute Gasteiger partial charge is 0.303 e. The monoisotopic (exact) mass is 307 g/mol. The molecule has 0 spiro atoms. The Balaban J connectivity index is 1.64. The van der Waals surface area contributed by atoms with Crippen molar-refractivity contribution in [2.45, 2.75) is 57.2 Å².